The molecule has 43 heavy (non-hydrogen) atoms. The Hall–Kier alpha value is 0.211. The molecule has 2 heterocycles. The van der Waals surface area contributed by atoms with E-state index in [1.54, 1.807) is 0 Å². The van der Waals surface area contributed by atoms with E-state index < -0.39 is 17.4 Å². The topological polar surface area (TPSA) is 13.0 Å². The van der Waals surface area contributed by atoms with E-state index in [0.29, 0.717) is 0 Å². The minimum Gasteiger partial charge on any atom is -0.378 e. The number of hydrogen-bond acceptors (Lipinski definition) is 4. The van der Waals surface area contributed by atoms with E-state index in [1.165, 1.54) is 22.7 Å². The molecule has 4 rings (SSSR count). The Kier molecular flexibility index (Phi) is 9.83. The minimum atomic E-state index is -2.87. The quantitative estimate of drug-likeness (QED) is 0.212. The molecule has 0 aromatic heterocycles. The Labute approximate surface area is 296 Å². The van der Waals surface area contributed by atoms with Gasteiger partial charge in [0.05, 0.1) is 22.7 Å². The maximum Gasteiger partial charge on any atom is 0.368 e. The van der Waals surface area contributed by atoms with Crippen molar-refractivity contribution in [1.82, 2.24) is 0 Å². The van der Waals surface area contributed by atoms with Crippen LogP contribution in [0.2, 0.25) is 0 Å². The number of rotatable bonds is 6. The summed E-state index contributed by atoms with van der Waals surface area (Å²) in [7, 11) is -2.87. The second-order valence-corrected chi connectivity index (χ2v) is 65.4. The van der Waals surface area contributed by atoms with Crippen LogP contribution in [0.1, 0.15) is 83.1 Å². The van der Waals surface area contributed by atoms with Crippen molar-refractivity contribution in [2.45, 2.75) is 83.1 Å². The summed E-state index contributed by atoms with van der Waals surface area (Å²) in [4.78, 5) is 0. The van der Waals surface area contributed by atoms with Crippen LogP contribution in [0, 0.1) is 21.7 Å². The molecule has 4 nitrogen and oxygen atoms in total. The van der Waals surface area contributed by atoms with Gasteiger partial charge in [0, 0.05) is 26.2 Å². The highest BCUT2D eigenvalue weighted by molar-refractivity contribution is 9.74. The number of benzene rings is 2. The lowest BCUT2D eigenvalue weighted by atomic mass is 9.96. The molecule has 0 unspecified atom stereocenters. The van der Waals surface area contributed by atoms with Gasteiger partial charge in [-0.3, -0.25) is 0 Å². The smallest absolute Gasteiger partial charge is 0.368 e. The van der Waals surface area contributed by atoms with Gasteiger partial charge in [-0.15, -0.1) is 0 Å². The van der Waals surface area contributed by atoms with Gasteiger partial charge in [-0.2, -0.15) is 0 Å². The van der Waals surface area contributed by atoms with Gasteiger partial charge in [-0.25, -0.2) is 0 Å². The summed E-state index contributed by atoms with van der Waals surface area (Å²) >= 11 is 18.5. The zero-order valence-electron chi connectivity index (χ0n) is 28.2. The lowest BCUT2D eigenvalue weighted by Gasteiger charge is -2.60. The van der Waals surface area contributed by atoms with Crippen LogP contribution in [0.5, 0.6) is 0 Å². The van der Waals surface area contributed by atoms with Crippen molar-refractivity contribution in [3.05, 3.63) is 48.5 Å². The first kappa shape index (κ1) is 36.1. The molecule has 0 bridgehead atoms. The normalized spacial score (nSPS) is 18.8. The fourth-order valence-electron chi connectivity index (χ4n) is 6.68. The largest absolute Gasteiger partial charge is 0.378 e. The van der Waals surface area contributed by atoms with Crippen LogP contribution >= 0.6 is 61.2 Å². The average molecular weight is 897 g/mol. The van der Waals surface area contributed by atoms with E-state index in [1.807, 2.05) is 0 Å². The highest BCUT2D eigenvalue weighted by Gasteiger charge is 2.83. The van der Waals surface area contributed by atoms with Crippen LogP contribution in [0.4, 0.5) is 22.7 Å². The van der Waals surface area contributed by atoms with Gasteiger partial charge in [0.1, 0.15) is 0 Å². The Morgan fingerprint density at radius 1 is 0.488 bits per heavy atom. The third kappa shape index (κ3) is 6.80. The molecule has 2 aromatic carbocycles. The summed E-state index contributed by atoms with van der Waals surface area (Å²) in [5.41, 5.74) is 5.84. The Balaban J connectivity index is 2.22. The molecule has 11 heteroatoms. The van der Waals surface area contributed by atoms with Crippen LogP contribution < -0.4 is 18.3 Å². The van der Waals surface area contributed by atoms with Gasteiger partial charge in [0.2, 0.25) is 0 Å². The molecule has 0 radical (unpaired) electrons. The molecular formula is C32H52Br4N4Si3. The third-order valence-electron chi connectivity index (χ3n) is 7.79. The van der Waals surface area contributed by atoms with E-state index in [2.05, 4.69) is 196 Å². The summed E-state index contributed by atoms with van der Waals surface area (Å²) in [6.07, 6.45) is 0. The number of nitrogens with zero attached hydrogens (tertiary/aromatic N) is 4. The predicted octanol–water partition coefficient (Wildman–Crippen LogP) is 10.9. The molecule has 0 saturated carbocycles. The molecular weight excluding hydrogens is 844 g/mol. The first-order valence-corrected chi connectivity index (χ1v) is 32.2. The molecule has 0 fully saturated rings. The van der Waals surface area contributed by atoms with Crippen molar-refractivity contribution >= 4 is 101 Å². The third-order valence-corrected chi connectivity index (χ3v) is 66.1. The number of fused-ring (bicyclic) bond motifs is 2. The van der Waals surface area contributed by atoms with Crippen LogP contribution in [0.15, 0.2) is 48.5 Å². The first-order chi connectivity index (χ1) is 19.3. The zero-order valence-corrected chi connectivity index (χ0v) is 37.6. The Morgan fingerprint density at radius 2 is 0.721 bits per heavy atom. The van der Waals surface area contributed by atoms with E-state index in [9.17, 15) is 0 Å². The second-order valence-electron chi connectivity index (χ2n) is 17.3. The Bertz CT molecular complexity index is 1240. The van der Waals surface area contributed by atoms with Gasteiger partial charge in [-0.05, 0) is 45.9 Å². The summed E-state index contributed by atoms with van der Waals surface area (Å²) in [6.45, 7) is 29.7. The van der Waals surface area contributed by atoms with Crippen molar-refractivity contribution in [2.24, 2.45) is 21.7 Å². The Morgan fingerprint density at radius 3 is 0.953 bits per heavy atom. The van der Waals surface area contributed by atoms with Crippen LogP contribution in [-0.4, -0.2) is 43.6 Å². The minimum absolute atomic E-state index is 0.0860. The number of anilines is 4. The zero-order chi connectivity index (χ0) is 32.6. The van der Waals surface area contributed by atoms with Gasteiger partial charge in [0.15, 0.2) is 0 Å². The van der Waals surface area contributed by atoms with Crippen molar-refractivity contribution in [2.75, 3.05) is 44.4 Å². The van der Waals surface area contributed by atoms with Crippen molar-refractivity contribution in [3.8, 4) is 0 Å². The van der Waals surface area contributed by atoms with Crippen molar-refractivity contribution in [1.29, 1.82) is 0 Å². The monoisotopic (exact) mass is 892 g/mol. The highest BCUT2D eigenvalue weighted by Crippen LogP contribution is 2.62. The van der Waals surface area contributed by atoms with Crippen LogP contribution in [-0.2, 0) is 0 Å². The average Bonchev–Trinajstić information content (AvgIpc) is 3.19. The molecule has 2 aliphatic heterocycles. The number of para-hydroxylation sites is 4. The maximum atomic E-state index is 4.95. The fourth-order valence-corrected chi connectivity index (χ4v) is 100. The highest BCUT2D eigenvalue weighted by atomic mass is 80.0. The summed E-state index contributed by atoms with van der Waals surface area (Å²) in [5, 5.41) is 0. The molecule has 2 aromatic rings. The molecule has 0 aliphatic carbocycles. The van der Waals surface area contributed by atoms with E-state index in [4.69, 9.17) is 15.3 Å². The molecule has 240 valence electrons. The SMILES string of the molecule is CC(C)(C)CN1c2ccccc2N(CC(C)(C)C)[Si]1(Br)[Si]1([Si](Br)(Br)Br)N(CC(C)(C)C)c2ccccc2N1CC(C)(C)C. The summed E-state index contributed by atoms with van der Waals surface area (Å²) in [6, 6.07) is 18.4. The van der Waals surface area contributed by atoms with Crippen LogP contribution in [0.3, 0.4) is 0 Å². The molecule has 0 saturated heterocycles. The van der Waals surface area contributed by atoms with Crippen molar-refractivity contribution < 1.29 is 0 Å². The van der Waals surface area contributed by atoms with E-state index in [0.717, 1.165) is 26.2 Å². The fraction of sp³-hybridized carbons (Fsp3) is 0.625. The van der Waals surface area contributed by atoms with Gasteiger partial charge < -0.3 is 18.3 Å². The molecule has 0 atom stereocenters. The lowest BCUT2D eigenvalue weighted by Crippen LogP contribution is -2.93. The van der Waals surface area contributed by atoms with Gasteiger partial charge >= 0.3 is 17.4 Å². The maximum absolute atomic E-state index is 4.95. The molecule has 2 aliphatic rings. The first-order valence-electron chi connectivity index (χ1n) is 15.4. The van der Waals surface area contributed by atoms with E-state index >= 15 is 0 Å². The van der Waals surface area contributed by atoms with Crippen molar-refractivity contribution in [3.63, 3.8) is 0 Å². The van der Waals surface area contributed by atoms with Gasteiger partial charge in [0.25, 0.3) is 0 Å². The summed E-state index contributed by atoms with van der Waals surface area (Å²) < 4.78 is 9.06. The predicted molar refractivity (Wildman–Crippen MR) is 213 cm³/mol. The number of hydrogen-bond donors (Lipinski definition) is 0. The molecule has 0 spiro atoms. The number of halogens is 4. The summed E-state index contributed by atoms with van der Waals surface area (Å²) in [5.74, 6) is 0. The molecule has 0 N–H and O–H groups in total. The van der Waals surface area contributed by atoms with Crippen LogP contribution in [0.25, 0.3) is 0 Å². The molecule has 0 amide bonds. The van der Waals surface area contributed by atoms with E-state index in [-0.39, 0.29) is 21.7 Å². The standard InChI is InChI=1S/C32H52Br4N4Si3/c1-29(2,3)21-37-25-17-13-14-18-26(25)38(22-30(4,5)6)42(37,36)43(41(33,34)35)39(23-31(7,8)9)27-19-15-16-20-28(27)40(43)24-32(10,11)12/h13-20H,21-24H2,1-12H3. The lowest BCUT2D eigenvalue weighted by molar-refractivity contribution is 0.420. The van der Waals surface area contributed by atoms with Gasteiger partial charge in [-0.1, -0.05) is 169 Å². The second kappa shape index (κ2) is 11.7.